The Morgan fingerprint density at radius 2 is 2.36 bits per heavy atom. The number of aromatic nitrogens is 1. The largest absolute Gasteiger partial charge is 0.255 e. The van der Waals surface area contributed by atoms with E-state index in [1.165, 1.54) is 8.27 Å². The number of hydrogen-bond donors (Lipinski definition) is 1. The third-order valence-electron chi connectivity index (χ3n) is 1.35. The first-order chi connectivity index (χ1) is 5.27. The van der Waals surface area contributed by atoms with E-state index in [0.29, 0.717) is 0 Å². The van der Waals surface area contributed by atoms with Crippen molar-refractivity contribution in [2.45, 2.75) is 4.21 Å². The molecule has 56 valence electrons. The molecule has 1 nitrogen and oxygen atoms in total. The molecule has 0 spiro atoms. The minimum absolute atomic E-state index is 1.02. The van der Waals surface area contributed by atoms with Crippen molar-refractivity contribution in [3.05, 3.63) is 21.9 Å². The van der Waals surface area contributed by atoms with Gasteiger partial charge in [-0.25, -0.2) is 0 Å². The molecule has 2 aromatic heterocycles. The lowest BCUT2D eigenvalue weighted by Crippen LogP contribution is -1.73. The highest BCUT2D eigenvalue weighted by Crippen LogP contribution is 2.29. The van der Waals surface area contributed by atoms with E-state index in [9.17, 15) is 0 Å². The lowest BCUT2D eigenvalue weighted by atomic mass is 10.4. The van der Waals surface area contributed by atoms with Gasteiger partial charge in [0.05, 0.1) is 14.4 Å². The van der Waals surface area contributed by atoms with E-state index < -0.39 is 0 Å². The van der Waals surface area contributed by atoms with Crippen LogP contribution in [0.4, 0.5) is 0 Å². The van der Waals surface area contributed by atoms with Crippen LogP contribution >= 0.6 is 46.6 Å². The molecule has 0 N–H and O–H groups in total. The van der Waals surface area contributed by atoms with Gasteiger partial charge in [0.2, 0.25) is 0 Å². The maximum Gasteiger partial charge on any atom is 0.0832 e. The third-order valence-corrected chi connectivity index (χ3v) is 3.98. The second kappa shape index (κ2) is 2.91. The fourth-order valence-corrected chi connectivity index (χ4v) is 2.82. The van der Waals surface area contributed by atoms with Crippen LogP contribution in [-0.4, -0.2) is 4.98 Å². The molecule has 0 saturated carbocycles. The summed E-state index contributed by atoms with van der Waals surface area (Å²) in [5, 5.41) is 0. The molecule has 0 fully saturated rings. The Morgan fingerprint density at radius 3 is 3.09 bits per heavy atom. The number of thiol groups is 1. The summed E-state index contributed by atoms with van der Waals surface area (Å²) in [6.07, 6.45) is 1.82. The van der Waals surface area contributed by atoms with Crippen molar-refractivity contribution in [3.63, 3.8) is 0 Å². The zero-order valence-corrected chi connectivity index (χ0v) is 9.28. The van der Waals surface area contributed by atoms with E-state index in [-0.39, 0.29) is 0 Å². The van der Waals surface area contributed by atoms with Gasteiger partial charge >= 0.3 is 0 Å². The molecular formula is C7H4INS2. The number of thiophene rings is 1. The Balaban J connectivity index is 2.90. The zero-order valence-electron chi connectivity index (χ0n) is 5.41. The molecule has 0 aliphatic rings. The van der Waals surface area contributed by atoms with Crippen LogP contribution < -0.4 is 0 Å². The van der Waals surface area contributed by atoms with Gasteiger partial charge in [-0.1, -0.05) is 0 Å². The maximum absolute atomic E-state index is 4.27. The predicted molar refractivity (Wildman–Crippen MR) is 59.6 cm³/mol. The molecule has 0 aliphatic heterocycles. The van der Waals surface area contributed by atoms with Gasteiger partial charge in [-0.15, -0.1) is 24.0 Å². The third kappa shape index (κ3) is 1.39. The van der Waals surface area contributed by atoms with Crippen LogP contribution in [0.3, 0.4) is 0 Å². The van der Waals surface area contributed by atoms with Crippen LogP contribution in [0, 0.1) is 3.57 Å². The molecule has 0 radical (unpaired) electrons. The minimum atomic E-state index is 1.02. The summed E-state index contributed by atoms with van der Waals surface area (Å²) in [6, 6.07) is 4.00. The van der Waals surface area contributed by atoms with Gasteiger partial charge in [-0.3, -0.25) is 4.98 Å². The number of pyridine rings is 1. The van der Waals surface area contributed by atoms with E-state index in [0.717, 1.165) is 9.73 Å². The van der Waals surface area contributed by atoms with Crippen molar-refractivity contribution >= 4 is 56.8 Å². The number of hydrogen-bond acceptors (Lipinski definition) is 3. The normalized spacial score (nSPS) is 10.7. The van der Waals surface area contributed by atoms with E-state index in [1.54, 1.807) is 11.3 Å². The van der Waals surface area contributed by atoms with Crippen LogP contribution in [0.25, 0.3) is 10.2 Å². The van der Waals surface area contributed by atoms with Gasteiger partial charge < -0.3 is 0 Å². The standard InChI is InChI=1S/C7H4INS2/c8-4-1-2-9-5-3-6(10)11-7(4)5/h1-3,10H. The van der Waals surface area contributed by atoms with Gasteiger partial charge in [0.1, 0.15) is 0 Å². The first kappa shape index (κ1) is 7.82. The molecule has 0 unspecified atom stereocenters. The minimum Gasteiger partial charge on any atom is -0.255 e. The SMILES string of the molecule is Sc1cc2nccc(I)c2s1. The summed E-state index contributed by atoms with van der Waals surface area (Å²) in [5.74, 6) is 0. The van der Waals surface area contributed by atoms with Crippen molar-refractivity contribution in [1.82, 2.24) is 4.98 Å². The number of halogens is 1. The summed E-state index contributed by atoms with van der Waals surface area (Å²) in [7, 11) is 0. The highest BCUT2D eigenvalue weighted by atomic mass is 127. The molecular weight excluding hydrogens is 289 g/mol. The molecule has 0 bridgehead atoms. The van der Waals surface area contributed by atoms with Crippen LogP contribution in [0.5, 0.6) is 0 Å². The Morgan fingerprint density at radius 1 is 1.55 bits per heavy atom. The number of nitrogens with zero attached hydrogens (tertiary/aromatic N) is 1. The van der Waals surface area contributed by atoms with Crippen molar-refractivity contribution in [1.29, 1.82) is 0 Å². The molecule has 0 saturated heterocycles. The molecule has 0 aliphatic carbocycles. The maximum atomic E-state index is 4.27. The summed E-state index contributed by atoms with van der Waals surface area (Å²) < 4.78 is 3.51. The highest BCUT2D eigenvalue weighted by Gasteiger charge is 2.01. The first-order valence-electron chi connectivity index (χ1n) is 3.00. The zero-order chi connectivity index (χ0) is 7.84. The summed E-state index contributed by atoms with van der Waals surface area (Å²) >= 11 is 8.25. The Kier molecular flexibility index (Phi) is 2.07. The fourth-order valence-electron chi connectivity index (χ4n) is 0.895. The summed E-state index contributed by atoms with van der Waals surface area (Å²) in [4.78, 5) is 4.22. The molecule has 0 atom stereocenters. The Labute approximate surface area is 87.4 Å². The number of fused-ring (bicyclic) bond motifs is 1. The van der Waals surface area contributed by atoms with E-state index in [4.69, 9.17) is 0 Å². The molecule has 2 aromatic rings. The van der Waals surface area contributed by atoms with Gasteiger partial charge in [-0.2, -0.15) is 0 Å². The topological polar surface area (TPSA) is 12.9 Å². The smallest absolute Gasteiger partial charge is 0.0832 e. The van der Waals surface area contributed by atoms with Crippen LogP contribution in [0.1, 0.15) is 0 Å². The molecule has 2 rings (SSSR count). The number of rotatable bonds is 0. The molecule has 4 heteroatoms. The van der Waals surface area contributed by atoms with Crippen LogP contribution in [-0.2, 0) is 0 Å². The Bertz CT molecular complexity index is 396. The van der Waals surface area contributed by atoms with Crippen molar-refractivity contribution in [2.24, 2.45) is 0 Å². The van der Waals surface area contributed by atoms with Gasteiger partial charge in [0.25, 0.3) is 0 Å². The van der Waals surface area contributed by atoms with E-state index >= 15 is 0 Å². The highest BCUT2D eigenvalue weighted by molar-refractivity contribution is 14.1. The average molecular weight is 293 g/mol. The van der Waals surface area contributed by atoms with Crippen molar-refractivity contribution in [3.8, 4) is 0 Å². The lowest BCUT2D eigenvalue weighted by molar-refractivity contribution is 1.41. The van der Waals surface area contributed by atoms with Crippen molar-refractivity contribution < 1.29 is 0 Å². The predicted octanol–water partition coefficient (Wildman–Crippen LogP) is 3.19. The molecule has 0 amide bonds. The van der Waals surface area contributed by atoms with Gasteiger partial charge in [0.15, 0.2) is 0 Å². The quantitative estimate of drug-likeness (QED) is 0.581. The van der Waals surface area contributed by atoms with E-state index in [1.807, 2.05) is 18.3 Å². The van der Waals surface area contributed by atoms with Gasteiger partial charge in [-0.05, 0) is 34.7 Å². The van der Waals surface area contributed by atoms with E-state index in [2.05, 4.69) is 40.2 Å². The summed E-state index contributed by atoms with van der Waals surface area (Å²) in [6.45, 7) is 0. The first-order valence-corrected chi connectivity index (χ1v) is 5.34. The second-order valence-electron chi connectivity index (χ2n) is 2.09. The second-order valence-corrected chi connectivity index (χ2v) is 5.09. The average Bonchev–Trinajstić information content (AvgIpc) is 2.31. The van der Waals surface area contributed by atoms with Crippen LogP contribution in [0.15, 0.2) is 22.5 Å². The van der Waals surface area contributed by atoms with Gasteiger partial charge in [0, 0.05) is 9.77 Å². The summed E-state index contributed by atoms with van der Waals surface area (Å²) in [5.41, 5.74) is 1.05. The molecule has 2 heterocycles. The molecule has 11 heavy (non-hydrogen) atoms. The molecule has 0 aromatic carbocycles. The fraction of sp³-hybridized carbons (Fsp3) is 0. The lowest BCUT2D eigenvalue weighted by Gasteiger charge is -1.89. The van der Waals surface area contributed by atoms with Crippen LogP contribution in [0.2, 0.25) is 0 Å². The van der Waals surface area contributed by atoms with Crippen molar-refractivity contribution in [2.75, 3.05) is 0 Å². The Hall–Kier alpha value is 0.190. The monoisotopic (exact) mass is 293 g/mol.